The van der Waals surface area contributed by atoms with Crippen LogP contribution in [0.25, 0.3) is 38.6 Å². The second-order valence-corrected chi connectivity index (χ2v) is 7.27. The van der Waals surface area contributed by atoms with E-state index in [1.165, 1.54) is 5.39 Å². The largest absolute Gasteiger partial charge is 0.497 e. The number of nitriles is 1. The minimum atomic E-state index is 0.657. The molecule has 30 heavy (non-hydrogen) atoms. The molecule has 0 amide bonds. The predicted octanol–water partition coefficient (Wildman–Crippen LogP) is 6.03. The van der Waals surface area contributed by atoms with Crippen molar-refractivity contribution in [1.29, 1.82) is 5.26 Å². The molecule has 144 valence electrons. The molecule has 4 heteroatoms. The third-order valence-electron chi connectivity index (χ3n) is 5.57. The summed E-state index contributed by atoms with van der Waals surface area (Å²) in [6.45, 7) is 2.05. The van der Waals surface area contributed by atoms with Crippen molar-refractivity contribution in [3.05, 3.63) is 90.3 Å². The van der Waals surface area contributed by atoms with E-state index < -0.39 is 0 Å². The van der Waals surface area contributed by atoms with Crippen LogP contribution in [0.3, 0.4) is 0 Å². The van der Waals surface area contributed by atoms with Gasteiger partial charge in [-0.25, -0.2) is 0 Å². The van der Waals surface area contributed by atoms with E-state index in [0.29, 0.717) is 5.56 Å². The van der Waals surface area contributed by atoms with Crippen LogP contribution in [0.4, 0.5) is 0 Å². The highest BCUT2D eigenvalue weighted by Crippen LogP contribution is 2.37. The molecule has 2 heterocycles. The highest BCUT2D eigenvalue weighted by Gasteiger charge is 2.16. The number of rotatable bonds is 3. The molecule has 4 nitrogen and oxygen atoms in total. The normalized spacial score (nSPS) is 11.0. The number of hydrogen-bond donors (Lipinski definition) is 0. The van der Waals surface area contributed by atoms with Gasteiger partial charge in [-0.2, -0.15) is 5.26 Å². The zero-order valence-corrected chi connectivity index (χ0v) is 16.8. The van der Waals surface area contributed by atoms with E-state index >= 15 is 0 Å². The van der Waals surface area contributed by atoms with E-state index in [9.17, 15) is 5.26 Å². The molecule has 5 rings (SSSR count). The summed E-state index contributed by atoms with van der Waals surface area (Å²) in [5.74, 6) is 0.833. The number of hydrogen-bond acceptors (Lipinski definition) is 3. The quantitative estimate of drug-likeness (QED) is 0.378. The summed E-state index contributed by atoms with van der Waals surface area (Å²) in [5, 5.41) is 12.0. The fourth-order valence-electron chi connectivity index (χ4n) is 4.14. The van der Waals surface area contributed by atoms with Gasteiger partial charge in [0.25, 0.3) is 0 Å². The molecule has 0 saturated carbocycles. The molecule has 0 aliphatic heterocycles. The standard InChI is InChI=1S/C26H19N3O/c1-17-13-19(16-27)22(18-9-11-28-12-10-18)15-26(17)29-24-6-4-3-5-21(24)23-14-20(30-2)7-8-25(23)29/h3-15H,1-2H3. The van der Waals surface area contributed by atoms with Crippen LogP contribution < -0.4 is 4.74 Å². The van der Waals surface area contributed by atoms with Crippen LogP contribution in [0.15, 0.2) is 79.1 Å². The molecule has 0 atom stereocenters. The Morgan fingerprint density at radius 1 is 0.900 bits per heavy atom. The fourth-order valence-corrected chi connectivity index (χ4v) is 4.14. The van der Waals surface area contributed by atoms with Crippen LogP contribution in [-0.2, 0) is 0 Å². The van der Waals surface area contributed by atoms with Gasteiger partial charge in [-0.3, -0.25) is 4.98 Å². The molecule has 0 aliphatic carbocycles. The minimum absolute atomic E-state index is 0.657. The van der Waals surface area contributed by atoms with E-state index in [1.807, 2.05) is 24.3 Å². The summed E-state index contributed by atoms with van der Waals surface area (Å²) in [6.07, 6.45) is 3.51. The van der Waals surface area contributed by atoms with Crippen LogP contribution >= 0.6 is 0 Å². The molecule has 0 fully saturated rings. The number of aromatic nitrogens is 2. The predicted molar refractivity (Wildman–Crippen MR) is 120 cm³/mol. The zero-order valence-electron chi connectivity index (χ0n) is 16.8. The van der Waals surface area contributed by atoms with Crippen LogP contribution in [0.1, 0.15) is 11.1 Å². The molecular formula is C26H19N3O. The van der Waals surface area contributed by atoms with Gasteiger partial charge in [-0.05, 0) is 66.6 Å². The molecular weight excluding hydrogens is 370 g/mol. The number of ether oxygens (including phenoxy) is 1. The molecule has 0 N–H and O–H groups in total. The topological polar surface area (TPSA) is 50.8 Å². The fraction of sp³-hybridized carbons (Fsp3) is 0.0769. The molecule has 0 unspecified atom stereocenters. The van der Waals surface area contributed by atoms with Gasteiger partial charge < -0.3 is 9.30 Å². The lowest BCUT2D eigenvalue weighted by Crippen LogP contribution is -1.99. The number of nitrogens with zero attached hydrogens (tertiary/aromatic N) is 3. The maximum absolute atomic E-state index is 9.74. The Morgan fingerprint density at radius 3 is 2.43 bits per heavy atom. The van der Waals surface area contributed by atoms with Crippen LogP contribution in [0, 0.1) is 18.3 Å². The Labute approximate surface area is 174 Å². The summed E-state index contributed by atoms with van der Waals surface area (Å²) < 4.78 is 7.74. The van der Waals surface area contributed by atoms with Crippen molar-refractivity contribution in [2.45, 2.75) is 6.92 Å². The molecule has 0 radical (unpaired) electrons. The Hall–Kier alpha value is -4.10. The first kappa shape index (κ1) is 18.0. The third-order valence-corrected chi connectivity index (χ3v) is 5.57. The molecule has 3 aromatic carbocycles. The van der Waals surface area contributed by atoms with Crippen LogP contribution in [-0.4, -0.2) is 16.7 Å². The molecule has 0 aliphatic rings. The Balaban J connectivity index is 1.88. The Kier molecular flexibility index (Phi) is 4.22. The van der Waals surface area contributed by atoms with E-state index in [0.717, 1.165) is 44.5 Å². The van der Waals surface area contributed by atoms with Gasteiger partial charge in [0.2, 0.25) is 0 Å². The second kappa shape index (κ2) is 7.06. The monoisotopic (exact) mass is 389 g/mol. The van der Waals surface area contributed by atoms with E-state index in [-0.39, 0.29) is 0 Å². The average Bonchev–Trinajstić information content (AvgIpc) is 3.13. The first-order valence-electron chi connectivity index (χ1n) is 9.74. The Bertz CT molecular complexity index is 1440. The number of aryl methyl sites for hydroxylation is 1. The number of methoxy groups -OCH3 is 1. The van der Waals surface area contributed by atoms with Crippen molar-refractivity contribution >= 4 is 21.8 Å². The number of pyridine rings is 1. The van der Waals surface area contributed by atoms with Crippen LogP contribution in [0.2, 0.25) is 0 Å². The summed E-state index contributed by atoms with van der Waals surface area (Å²) in [7, 11) is 1.69. The molecule has 0 saturated heterocycles. The highest BCUT2D eigenvalue weighted by atomic mass is 16.5. The van der Waals surface area contributed by atoms with E-state index in [2.05, 4.69) is 65.0 Å². The summed E-state index contributed by atoms with van der Waals surface area (Å²) in [4.78, 5) is 4.11. The van der Waals surface area contributed by atoms with Crippen molar-refractivity contribution in [3.8, 4) is 28.6 Å². The first-order valence-corrected chi connectivity index (χ1v) is 9.74. The SMILES string of the molecule is COc1ccc2c(c1)c1ccccc1n2-c1cc(-c2ccncc2)c(C#N)cc1C. The molecule has 0 bridgehead atoms. The van der Waals surface area contributed by atoms with Gasteiger partial charge >= 0.3 is 0 Å². The van der Waals surface area contributed by atoms with E-state index in [1.54, 1.807) is 19.5 Å². The Morgan fingerprint density at radius 2 is 1.67 bits per heavy atom. The van der Waals surface area contributed by atoms with Gasteiger partial charge in [0.15, 0.2) is 0 Å². The zero-order chi connectivity index (χ0) is 20.7. The number of fused-ring (bicyclic) bond motifs is 3. The lowest BCUT2D eigenvalue weighted by atomic mass is 9.97. The molecule has 0 spiro atoms. The van der Waals surface area contributed by atoms with E-state index in [4.69, 9.17) is 4.74 Å². The van der Waals surface area contributed by atoms with Crippen molar-refractivity contribution in [1.82, 2.24) is 9.55 Å². The van der Waals surface area contributed by atoms with Crippen molar-refractivity contribution < 1.29 is 4.74 Å². The van der Waals surface area contributed by atoms with Gasteiger partial charge in [0.1, 0.15) is 5.75 Å². The summed E-state index contributed by atoms with van der Waals surface area (Å²) >= 11 is 0. The summed E-state index contributed by atoms with van der Waals surface area (Å²) in [5.41, 5.74) is 6.86. The lowest BCUT2D eigenvalue weighted by molar-refractivity contribution is 0.415. The maximum Gasteiger partial charge on any atom is 0.119 e. The van der Waals surface area contributed by atoms with Crippen LogP contribution in [0.5, 0.6) is 5.75 Å². The molecule has 2 aromatic heterocycles. The average molecular weight is 389 g/mol. The number of para-hydroxylation sites is 1. The van der Waals surface area contributed by atoms with Crippen molar-refractivity contribution in [2.24, 2.45) is 0 Å². The van der Waals surface area contributed by atoms with Gasteiger partial charge in [0.05, 0.1) is 29.8 Å². The maximum atomic E-state index is 9.74. The summed E-state index contributed by atoms with van der Waals surface area (Å²) in [6, 6.07) is 24.8. The van der Waals surface area contributed by atoms with Gasteiger partial charge in [-0.15, -0.1) is 0 Å². The first-order chi connectivity index (χ1) is 14.7. The number of benzene rings is 3. The smallest absolute Gasteiger partial charge is 0.119 e. The van der Waals surface area contributed by atoms with Gasteiger partial charge in [0, 0.05) is 34.4 Å². The third kappa shape index (κ3) is 2.72. The second-order valence-electron chi connectivity index (χ2n) is 7.27. The van der Waals surface area contributed by atoms with Crippen molar-refractivity contribution in [3.63, 3.8) is 0 Å². The van der Waals surface area contributed by atoms with Crippen molar-refractivity contribution in [2.75, 3.05) is 7.11 Å². The molecule has 5 aromatic rings. The van der Waals surface area contributed by atoms with Gasteiger partial charge in [-0.1, -0.05) is 18.2 Å². The minimum Gasteiger partial charge on any atom is -0.497 e. The lowest BCUT2D eigenvalue weighted by Gasteiger charge is -2.15. The highest BCUT2D eigenvalue weighted by molar-refractivity contribution is 6.09.